The number of aromatic nitrogens is 1. The van der Waals surface area contributed by atoms with Crippen LogP contribution in [0.5, 0.6) is 0 Å². The summed E-state index contributed by atoms with van der Waals surface area (Å²) in [5.41, 5.74) is 3.34. The standard InChI is InChI=1S/C16H21N3OS2/c1-4-5-6-7-13(20)17-15(21)19-16-18-14-11(3)8-10(2)9-12(14)22-16/h8-9H,4-7H2,1-3H3,(H2,17,18,19,20,21). The van der Waals surface area contributed by atoms with Crippen molar-refractivity contribution in [3.8, 4) is 0 Å². The zero-order valence-electron chi connectivity index (χ0n) is 13.2. The van der Waals surface area contributed by atoms with E-state index in [1.165, 1.54) is 5.56 Å². The molecule has 0 spiro atoms. The summed E-state index contributed by atoms with van der Waals surface area (Å²) in [6, 6.07) is 4.22. The third kappa shape index (κ3) is 4.48. The van der Waals surface area contributed by atoms with Gasteiger partial charge >= 0.3 is 0 Å². The minimum atomic E-state index is -0.0425. The molecule has 1 amide bonds. The molecule has 1 aromatic carbocycles. The second-order valence-corrected chi connectivity index (χ2v) is 6.85. The Hall–Kier alpha value is -1.53. The van der Waals surface area contributed by atoms with Crippen LogP contribution in [0.4, 0.5) is 5.13 Å². The number of thiocarbonyl (C=S) groups is 1. The van der Waals surface area contributed by atoms with Crippen LogP contribution in [-0.2, 0) is 4.79 Å². The van der Waals surface area contributed by atoms with Gasteiger partial charge in [0.25, 0.3) is 0 Å². The molecular weight excluding hydrogens is 314 g/mol. The fourth-order valence-corrected chi connectivity index (χ4v) is 3.60. The number of hydrogen-bond acceptors (Lipinski definition) is 4. The number of hydrogen-bond donors (Lipinski definition) is 2. The first-order valence-electron chi connectivity index (χ1n) is 7.48. The molecule has 4 nitrogen and oxygen atoms in total. The van der Waals surface area contributed by atoms with Gasteiger partial charge in [-0.05, 0) is 49.7 Å². The van der Waals surface area contributed by atoms with Gasteiger partial charge in [-0.1, -0.05) is 37.2 Å². The minimum absolute atomic E-state index is 0.0425. The molecule has 118 valence electrons. The summed E-state index contributed by atoms with van der Waals surface area (Å²) >= 11 is 6.72. The summed E-state index contributed by atoms with van der Waals surface area (Å²) < 4.78 is 1.12. The molecule has 2 rings (SSSR count). The quantitative estimate of drug-likeness (QED) is 0.631. The molecule has 0 atom stereocenters. The highest BCUT2D eigenvalue weighted by Crippen LogP contribution is 2.29. The normalized spacial score (nSPS) is 10.7. The number of nitrogens with one attached hydrogen (secondary N) is 2. The Labute approximate surface area is 140 Å². The first-order valence-corrected chi connectivity index (χ1v) is 8.70. The SMILES string of the molecule is CCCCCC(=O)NC(=S)Nc1nc2c(C)cc(C)cc2s1. The maximum Gasteiger partial charge on any atom is 0.226 e. The van der Waals surface area contributed by atoms with Crippen LogP contribution in [0.2, 0.25) is 0 Å². The van der Waals surface area contributed by atoms with E-state index in [1.54, 1.807) is 11.3 Å². The number of rotatable bonds is 5. The zero-order valence-corrected chi connectivity index (χ0v) is 14.8. The van der Waals surface area contributed by atoms with Crippen LogP contribution in [0.25, 0.3) is 10.2 Å². The lowest BCUT2D eigenvalue weighted by Crippen LogP contribution is -2.33. The molecule has 0 aliphatic carbocycles. The van der Waals surface area contributed by atoms with E-state index in [1.807, 2.05) is 6.92 Å². The summed E-state index contributed by atoms with van der Waals surface area (Å²) in [5, 5.41) is 6.74. The third-order valence-corrected chi connectivity index (χ3v) is 4.43. The van der Waals surface area contributed by atoms with Crippen LogP contribution in [0.1, 0.15) is 43.7 Å². The summed E-state index contributed by atoms with van der Waals surface area (Å²) in [6.07, 6.45) is 3.56. The van der Waals surface area contributed by atoms with Crippen LogP contribution in [0.15, 0.2) is 12.1 Å². The van der Waals surface area contributed by atoms with Crippen molar-refractivity contribution in [2.24, 2.45) is 0 Å². The molecule has 0 aliphatic rings. The molecule has 2 N–H and O–H groups in total. The Morgan fingerprint density at radius 3 is 2.82 bits per heavy atom. The lowest BCUT2D eigenvalue weighted by molar-refractivity contribution is -0.119. The Morgan fingerprint density at radius 2 is 2.09 bits per heavy atom. The zero-order chi connectivity index (χ0) is 16.1. The number of fused-ring (bicyclic) bond motifs is 1. The van der Waals surface area contributed by atoms with Crippen molar-refractivity contribution < 1.29 is 4.79 Å². The summed E-state index contributed by atoms with van der Waals surface area (Å²) in [6.45, 7) is 6.23. The first kappa shape index (κ1) is 16.8. The molecule has 22 heavy (non-hydrogen) atoms. The van der Waals surface area contributed by atoms with Crippen molar-refractivity contribution in [1.29, 1.82) is 0 Å². The molecule has 0 radical (unpaired) electrons. The van der Waals surface area contributed by atoms with Gasteiger partial charge in [0, 0.05) is 6.42 Å². The van der Waals surface area contributed by atoms with Crippen LogP contribution in [-0.4, -0.2) is 16.0 Å². The van der Waals surface area contributed by atoms with Gasteiger partial charge < -0.3 is 10.6 Å². The van der Waals surface area contributed by atoms with Gasteiger partial charge in [0.1, 0.15) is 0 Å². The van der Waals surface area contributed by atoms with Crippen molar-refractivity contribution >= 4 is 49.9 Å². The van der Waals surface area contributed by atoms with Crippen molar-refractivity contribution in [1.82, 2.24) is 10.3 Å². The molecular formula is C16H21N3OS2. The van der Waals surface area contributed by atoms with Gasteiger partial charge in [0.2, 0.25) is 5.91 Å². The third-order valence-electron chi connectivity index (χ3n) is 3.31. The Bertz CT molecular complexity index is 694. The fraction of sp³-hybridized carbons (Fsp3) is 0.438. The highest BCUT2D eigenvalue weighted by molar-refractivity contribution is 7.80. The monoisotopic (exact) mass is 335 g/mol. The molecule has 2 aromatic rings. The van der Waals surface area contributed by atoms with Gasteiger partial charge in [-0.2, -0.15) is 0 Å². The molecule has 1 heterocycles. The Balaban J connectivity index is 1.97. The molecule has 0 unspecified atom stereocenters. The number of thiazole rings is 1. The van der Waals surface area contributed by atoms with E-state index in [0.717, 1.165) is 35.0 Å². The van der Waals surface area contributed by atoms with Gasteiger partial charge in [0.05, 0.1) is 10.2 Å². The van der Waals surface area contributed by atoms with Crippen LogP contribution in [0, 0.1) is 13.8 Å². The summed E-state index contributed by atoms with van der Waals surface area (Å²) in [5.74, 6) is -0.0425. The maximum absolute atomic E-state index is 11.7. The molecule has 0 saturated carbocycles. The summed E-state index contributed by atoms with van der Waals surface area (Å²) in [7, 11) is 0. The topological polar surface area (TPSA) is 54.0 Å². The van der Waals surface area contributed by atoms with E-state index < -0.39 is 0 Å². The fourth-order valence-electron chi connectivity index (χ4n) is 2.28. The van der Waals surface area contributed by atoms with Crippen LogP contribution < -0.4 is 10.6 Å². The molecule has 6 heteroatoms. The molecule has 0 fully saturated rings. The van der Waals surface area contributed by atoms with Crippen LogP contribution in [0.3, 0.4) is 0 Å². The average molecular weight is 335 g/mol. The minimum Gasteiger partial charge on any atom is -0.308 e. The van der Waals surface area contributed by atoms with Crippen molar-refractivity contribution in [3.05, 3.63) is 23.3 Å². The molecule has 0 aliphatic heterocycles. The number of amides is 1. The number of nitrogens with zero attached hydrogens (tertiary/aromatic N) is 1. The van der Waals surface area contributed by atoms with E-state index >= 15 is 0 Å². The largest absolute Gasteiger partial charge is 0.308 e. The predicted octanol–water partition coefficient (Wildman–Crippen LogP) is 4.31. The number of aryl methyl sites for hydroxylation is 2. The van der Waals surface area contributed by atoms with Gasteiger partial charge in [-0.15, -0.1) is 0 Å². The molecule has 0 bridgehead atoms. The van der Waals surface area contributed by atoms with Gasteiger partial charge in [-0.25, -0.2) is 4.98 Å². The Morgan fingerprint density at radius 1 is 1.32 bits per heavy atom. The number of benzene rings is 1. The van der Waals surface area contributed by atoms with Crippen molar-refractivity contribution in [3.63, 3.8) is 0 Å². The average Bonchev–Trinajstić information content (AvgIpc) is 2.81. The second-order valence-electron chi connectivity index (χ2n) is 5.41. The van der Waals surface area contributed by atoms with E-state index in [0.29, 0.717) is 16.7 Å². The lowest BCUT2D eigenvalue weighted by Gasteiger charge is -2.06. The van der Waals surface area contributed by atoms with E-state index in [-0.39, 0.29) is 5.91 Å². The van der Waals surface area contributed by atoms with E-state index in [2.05, 4.69) is 41.6 Å². The lowest BCUT2D eigenvalue weighted by atomic mass is 10.1. The van der Waals surface area contributed by atoms with Gasteiger partial charge in [-0.3, -0.25) is 4.79 Å². The highest BCUT2D eigenvalue weighted by Gasteiger charge is 2.10. The number of anilines is 1. The van der Waals surface area contributed by atoms with Crippen molar-refractivity contribution in [2.75, 3.05) is 5.32 Å². The van der Waals surface area contributed by atoms with E-state index in [9.17, 15) is 4.79 Å². The first-order chi connectivity index (χ1) is 10.5. The second kappa shape index (κ2) is 7.65. The predicted molar refractivity (Wildman–Crippen MR) is 97.6 cm³/mol. The Kier molecular flexibility index (Phi) is 5.85. The van der Waals surface area contributed by atoms with Gasteiger partial charge in [0.15, 0.2) is 10.2 Å². The van der Waals surface area contributed by atoms with Crippen LogP contribution >= 0.6 is 23.6 Å². The van der Waals surface area contributed by atoms with Crippen molar-refractivity contribution in [2.45, 2.75) is 46.5 Å². The number of carbonyl (C=O) groups excluding carboxylic acids is 1. The number of carbonyl (C=O) groups is 1. The number of unbranched alkanes of at least 4 members (excludes halogenated alkanes) is 2. The highest BCUT2D eigenvalue weighted by atomic mass is 32.1. The maximum atomic E-state index is 11.7. The smallest absolute Gasteiger partial charge is 0.226 e. The molecule has 1 aromatic heterocycles. The van der Waals surface area contributed by atoms with E-state index in [4.69, 9.17) is 12.2 Å². The summed E-state index contributed by atoms with van der Waals surface area (Å²) in [4.78, 5) is 16.3. The molecule has 0 saturated heterocycles.